The van der Waals surface area contributed by atoms with Crippen molar-refractivity contribution in [2.45, 2.75) is 11.3 Å². The van der Waals surface area contributed by atoms with Gasteiger partial charge in [-0.25, -0.2) is 18.1 Å². The Morgan fingerprint density at radius 2 is 2.19 bits per heavy atom. The van der Waals surface area contributed by atoms with E-state index in [0.717, 1.165) is 0 Å². The van der Waals surface area contributed by atoms with Gasteiger partial charge < -0.3 is 10.5 Å². The van der Waals surface area contributed by atoms with Crippen molar-refractivity contribution in [1.29, 1.82) is 0 Å². The summed E-state index contributed by atoms with van der Waals surface area (Å²) in [6.07, 6.45) is 1.96. The molecular weight excluding hydrogens is 294 g/mol. The van der Waals surface area contributed by atoms with E-state index in [1.807, 2.05) is 0 Å². The van der Waals surface area contributed by atoms with Crippen LogP contribution in [0, 0.1) is 0 Å². The van der Waals surface area contributed by atoms with E-state index < -0.39 is 10.0 Å². The summed E-state index contributed by atoms with van der Waals surface area (Å²) < 4.78 is 33.4. The smallest absolute Gasteiger partial charge is 0.242 e. The zero-order valence-corrected chi connectivity index (χ0v) is 12.6. The molecule has 2 aromatic rings. The number of hydrogen-bond acceptors (Lipinski definition) is 6. The molecule has 0 spiro atoms. The van der Waals surface area contributed by atoms with Gasteiger partial charge in [0.15, 0.2) is 5.82 Å². The molecule has 0 fully saturated rings. The lowest BCUT2D eigenvalue weighted by atomic mass is 10.3. The van der Waals surface area contributed by atoms with Crippen LogP contribution in [0.4, 0.5) is 5.69 Å². The lowest BCUT2D eigenvalue weighted by Gasteiger charge is -2.09. The van der Waals surface area contributed by atoms with Gasteiger partial charge in [0, 0.05) is 26.1 Å². The summed E-state index contributed by atoms with van der Waals surface area (Å²) in [6, 6.07) is 4.43. The van der Waals surface area contributed by atoms with Gasteiger partial charge in [-0.2, -0.15) is 5.10 Å². The molecule has 0 unspecified atom stereocenters. The number of methoxy groups -OCH3 is 1. The predicted octanol–water partition coefficient (Wildman–Crippen LogP) is -0.0731. The fraction of sp³-hybridized carbons (Fsp3) is 0.333. The molecule has 0 radical (unpaired) electrons. The Balaban J connectivity index is 2.04. The van der Waals surface area contributed by atoms with E-state index in [1.54, 1.807) is 24.1 Å². The molecule has 2 rings (SSSR count). The normalized spacial score (nSPS) is 11.5. The molecule has 0 saturated heterocycles. The quantitative estimate of drug-likeness (QED) is 0.722. The summed E-state index contributed by atoms with van der Waals surface area (Å²) in [4.78, 5) is 4.05. The summed E-state index contributed by atoms with van der Waals surface area (Å²) in [6.45, 7) is 0.192. The van der Waals surface area contributed by atoms with Crippen LogP contribution in [0.25, 0.3) is 0 Å². The number of nitrogens with one attached hydrogen (secondary N) is 1. The number of rotatable bonds is 6. The molecule has 9 heteroatoms. The van der Waals surface area contributed by atoms with Crippen LogP contribution in [-0.2, 0) is 23.5 Å². The van der Waals surface area contributed by atoms with Crippen LogP contribution in [0.1, 0.15) is 5.82 Å². The van der Waals surface area contributed by atoms with Gasteiger partial charge in [-0.15, -0.1) is 0 Å². The third-order valence-electron chi connectivity index (χ3n) is 2.79. The van der Waals surface area contributed by atoms with Crippen LogP contribution in [0.15, 0.2) is 29.4 Å². The molecule has 0 bridgehead atoms. The minimum atomic E-state index is -3.67. The van der Waals surface area contributed by atoms with E-state index >= 15 is 0 Å². The highest BCUT2D eigenvalue weighted by molar-refractivity contribution is 7.89. The number of nitrogens with zero attached hydrogens (tertiary/aromatic N) is 3. The average Bonchev–Trinajstić information content (AvgIpc) is 2.83. The highest BCUT2D eigenvalue weighted by atomic mass is 32.2. The standard InChI is InChI=1S/C12H17N5O3S/c1-17-8-14-12(16-17)5-6-15-21(18,19)11-4-3-9(20-2)7-10(11)13/h3-4,7-8,15H,5-6,13H2,1-2H3. The number of sulfonamides is 1. The number of nitrogens with two attached hydrogens (primary N) is 1. The van der Waals surface area contributed by atoms with Gasteiger partial charge in [0.2, 0.25) is 10.0 Å². The highest BCUT2D eigenvalue weighted by Gasteiger charge is 2.17. The largest absolute Gasteiger partial charge is 0.497 e. The van der Waals surface area contributed by atoms with Gasteiger partial charge in [0.25, 0.3) is 0 Å². The summed E-state index contributed by atoms with van der Waals surface area (Å²) in [5, 5.41) is 4.07. The van der Waals surface area contributed by atoms with Crippen molar-refractivity contribution in [2.24, 2.45) is 7.05 Å². The lowest BCUT2D eigenvalue weighted by Crippen LogP contribution is -2.27. The molecule has 114 valence electrons. The molecule has 0 atom stereocenters. The first-order valence-corrected chi connectivity index (χ1v) is 7.68. The van der Waals surface area contributed by atoms with Crippen LogP contribution in [0.2, 0.25) is 0 Å². The van der Waals surface area contributed by atoms with Crippen LogP contribution >= 0.6 is 0 Å². The van der Waals surface area contributed by atoms with Crippen molar-refractivity contribution in [2.75, 3.05) is 19.4 Å². The van der Waals surface area contributed by atoms with Crippen molar-refractivity contribution >= 4 is 15.7 Å². The van der Waals surface area contributed by atoms with Crippen LogP contribution in [0.3, 0.4) is 0 Å². The second kappa shape index (κ2) is 6.10. The number of nitrogen functional groups attached to an aromatic ring is 1. The van der Waals surface area contributed by atoms with E-state index in [-0.39, 0.29) is 17.1 Å². The van der Waals surface area contributed by atoms with Gasteiger partial charge in [-0.3, -0.25) is 4.68 Å². The molecule has 1 aromatic heterocycles. The van der Waals surface area contributed by atoms with Crippen molar-refractivity contribution < 1.29 is 13.2 Å². The fourth-order valence-corrected chi connectivity index (χ4v) is 2.91. The first-order valence-electron chi connectivity index (χ1n) is 6.20. The maximum absolute atomic E-state index is 12.2. The second-order valence-corrected chi connectivity index (χ2v) is 6.12. The summed E-state index contributed by atoms with van der Waals surface area (Å²) >= 11 is 0. The zero-order valence-electron chi connectivity index (χ0n) is 11.8. The molecular formula is C12H17N5O3S. The first kappa shape index (κ1) is 15.3. The minimum absolute atomic E-state index is 0.0253. The number of anilines is 1. The Morgan fingerprint density at radius 1 is 1.43 bits per heavy atom. The number of aryl methyl sites for hydroxylation is 1. The summed E-state index contributed by atoms with van der Waals surface area (Å²) in [5.74, 6) is 1.08. The van der Waals surface area contributed by atoms with Gasteiger partial charge in [-0.1, -0.05) is 0 Å². The van der Waals surface area contributed by atoms with Crippen LogP contribution in [-0.4, -0.2) is 36.8 Å². The van der Waals surface area contributed by atoms with E-state index in [0.29, 0.717) is 18.0 Å². The Bertz CT molecular complexity index is 726. The predicted molar refractivity (Wildman–Crippen MR) is 77.3 cm³/mol. The average molecular weight is 311 g/mol. The van der Waals surface area contributed by atoms with Crippen molar-refractivity contribution in [3.63, 3.8) is 0 Å². The molecule has 0 amide bonds. The second-order valence-electron chi connectivity index (χ2n) is 4.39. The first-order chi connectivity index (χ1) is 9.92. The molecule has 0 aliphatic rings. The maximum atomic E-state index is 12.2. The Labute approximate surface area is 123 Å². The Hall–Kier alpha value is -2.13. The molecule has 8 nitrogen and oxygen atoms in total. The van der Waals surface area contributed by atoms with Gasteiger partial charge in [0.05, 0.1) is 12.8 Å². The number of benzene rings is 1. The van der Waals surface area contributed by atoms with Crippen LogP contribution in [0.5, 0.6) is 5.75 Å². The Kier molecular flexibility index (Phi) is 4.43. The molecule has 21 heavy (non-hydrogen) atoms. The van der Waals surface area contributed by atoms with Gasteiger partial charge in [0.1, 0.15) is 17.0 Å². The molecule has 1 aromatic carbocycles. The van der Waals surface area contributed by atoms with E-state index in [4.69, 9.17) is 10.5 Å². The number of ether oxygens (including phenoxy) is 1. The monoisotopic (exact) mass is 311 g/mol. The summed E-state index contributed by atoms with van der Waals surface area (Å²) in [7, 11) is -0.436. The molecule has 0 aliphatic carbocycles. The molecule has 0 aliphatic heterocycles. The molecule has 1 heterocycles. The maximum Gasteiger partial charge on any atom is 0.242 e. The zero-order chi connectivity index (χ0) is 15.5. The van der Waals surface area contributed by atoms with E-state index in [9.17, 15) is 8.42 Å². The number of aromatic nitrogens is 3. The third kappa shape index (κ3) is 3.70. The third-order valence-corrected chi connectivity index (χ3v) is 4.33. The lowest BCUT2D eigenvalue weighted by molar-refractivity contribution is 0.414. The molecule has 0 saturated carbocycles. The highest BCUT2D eigenvalue weighted by Crippen LogP contribution is 2.23. The topological polar surface area (TPSA) is 112 Å². The van der Waals surface area contributed by atoms with Crippen molar-refractivity contribution in [3.05, 3.63) is 30.4 Å². The Morgan fingerprint density at radius 3 is 2.76 bits per heavy atom. The summed E-state index contributed by atoms with van der Waals surface area (Å²) in [5.41, 5.74) is 5.88. The minimum Gasteiger partial charge on any atom is -0.497 e. The fourth-order valence-electron chi connectivity index (χ4n) is 1.77. The van der Waals surface area contributed by atoms with Gasteiger partial charge >= 0.3 is 0 Å². The van der Waals surface area contributed by atoms with Gasteiger partial charge in [-0.05, 0) is 12.1 Å². The van der Waals surface area contributed by atoms with E-state index in [2.05, 4.69) is 14.8 Å². The number of hydrogen-bond donors (Lipinski definition) is 2. The van der Waals surface area contributed by atoms with Crippen molar-refractivity contribution in [1.82, 2.24) is 19.5 Å². The van der Waals surface area contributed by atoms with Crippen LogP contribution < -0.4 is 15.2 Å². The van der Waals surface area contributed by atoms with Crippen molar-refractivity contribution in [3.8, 4) is 5.75 Å². The molecule has 3 N–H and O–H groups in total. The van der Waals surface area contributed by atoms with E-state index in [1.165, 1.54) is 19.2 Å². The SMILES string of the molecule is COc1ccc(S(=O)(=O)NCCc2ncn(C)n2)c(N)c1.